The van der Waals surface area contributed by atoms with Crippen LogP contribution in [-0.2, 0) is 5.41 Å². The molecule has 1 spiro atoms. The largest absolute Gasteiger partial charge is 0.309 e. The molecule has 14 rings (SSSR count). The van der Waals surface area contributed by atoms with E-state index < -0.39 is 5.41 Å². The minimum Gasteiger partial charge on any atom is -0.309 e. The van der Waals surface area contributed by atoms with Crippen LogP contribution >= 0.6 is 0 Å². The molecule has 0 atom stereocenters. The lowest BCUT2D eigenvalue weighted by atomic mass is 9.70. The molecule has 3 nitrogen and oxygen atoms in total. The molecule has 2 heterocycles. The minimum atomic E-state index is -0.446. The van der Waals surface area contributed by atoms with Crippen molar-refractivity contribution in [2.75, 3.05) is 0 Å². The molecule has 12 aromatic rings. The standard InChI is InChI=1S/C61H37N3/c1-2-16-38(17-3-1)55-37-56(41-30-31-46-45-23-10-14-28-53(45)61(54(46)35-41)51-26-12-8-21-43(51)44-22-9-13-27-52(44)61)63-60(62-55)49-32-33-58(47-24-7-6-20-42(47)49)64-57-29-15-11-25-48(57)50-34-39-18-4-5-19-40(39)36-59(50)64/h1-37H. The maximum Gasteiger partial charge on any atom is 0.161 e. The van der Waals surface area contributed by atoms with Gasteiger partial charge in [0, 0.05) is 32.8 Å². The van der Waals surface area contributed by atoms with Gasteiger partial charge in [0.05, 0.1) is 33.5 Å². The molecule has 2 aliphatic carbocycles. The fourth-order valence-corrected chi connectivity index (χ4v) is 11.3. The van der Waals surface area contributed by atoms with Crippen molar-refractivity contribution in [1.29, 1.82) is 0 Å². The quantitative estimate of drug-likeness (QED) is 0.177. The highest BCUT2D eigenvalue weighted by atomic mass is 15.0. The first-order valence-electron chi connectivity index (χ1n) is 22.1. The van der Waals surface area contributed by atoms with Crippen LogP contribution in [-0.4, -0.2) is 14.5 Å². The molecule has 0 unspecified atom stereocenters. The number of rotatable bonds is 4. The van der Waals surface area contributed by atoms with E-state index in [-0.39, 0.29) is 0 Å². The SMILES string of the molecule is c1ccc(-c2cc(-c3ccc4c(c3)C3(c5ccccc5-c5ccccc53)c3ccccc3-4)nc(-c3ccc(-n4c5ccccc5c5cc6ccccc6cc54)c4ccccc34)n2)cc1. The van der Waals surface area contributed by atoms with E-state index >= 15 is 0 Å². The van der Waals surface area contributed by atoms with Crippen LogP contribution in [0.15, 0.2) is 224 Å². The number of nitrogens with zero attached hydrogens (tertiary/aromatic N) is 3. The monoisotopic (exact) mass is 811 g/mol. The van der Waals surface area contributed by atoms with Crippen LogP contribution in [0.3, 0.4) is 0 Å². The topological polar surface area (TPSA) is 30.7 Å². The highest BCUT2D eigenvalue weighted by Crippen LogP contribution is 2.63. The van der Waals surface area contributed by atoms with Crippen LogP contribution in [0, 0.1) is 0 Å². The number of hydrogen-bond acceptors (Lipinski definition) is 2. The molecule has 0 amide bonds. The van der Waals surface area contributed by atoms with E-state index in [2.05, 4.69) is 229 Å². The van der Waals surface area contributed by atoms with E-state index in [1.54, 1.807) is 0 Å². The third kappa shape index (κ3) is 4.81. The summed E-state index contributed by atoms with van der Waals surface area (Å²) >= 11 is 0. The van der Waals surface area contributed by atoms with Crippen molar-refractivity contribution < 1.29 is 0 Å². The van der Waals surface area contributed by atoms with Crippen molar-refractivity contribution in [3.8, 4) is 61.8 Å². The Labute approximate surface area is 370 Å². The molecule has 0 radical (unpaired) electrons. The smallest absolute Gasteiger partial charge is 0.161 e. The first kappa shape index (κ1) is 35.2. The highest BCUT2D eigenvalue weighted by molar-refractivity contribution is 6.15. The molecule has 296 valence electrons. The molecular weight excluding hydrogens is 775 g/mol. The molecule has 0 bridgehead atoms. The van der Waals surface area contributed by atoms with Gasteiger partial charge in [-0.15, -0.1) is 0 Å². The number of hydrogen-bond donors (Lipinski definition) is 0. The molecule has 0 saturated heterocycles. The molecule has 0 aliphatic heterocycles. The van der Waals surface area contributed by atoms with E-state index in [1.807, 2.05) is 0 Å². The fourth-order valence-electron chi connectivity index (χ4n) is 11.3. The third-order valence-corrected chi connectivity index (χ3v) is 14.0. The molecule has 64 heavy (non-hydrogen) atoms. The summed E-state index contributed by atoms with van der Waals surface area (Å²) in [5.74, 6) is 0.697. The van der Waals surface area contributed by atoms with Gasteiger partial charge in [-0.05, 0) is 103 Å². The average molecular weight is 812 g/mol. The second-order valence-corrected chi connectivity index (χ2v) is 17.2. The van der Waals surface area contributed by atoms with Crippen LogP contribution in [0.1, 0.15) is 22.3 Å². The summed E-state index contributed by atoms with van der Waals surface area (Å²) in [6, 6.07) is 82.0. The van der Waals surface area contributed by atoms with Gasteiger partial charge in [0.1, 0.15) is 0 Å². The summed E-state index contributed by atoms with van der Waals surface area (Å²) in [4.78, 5) is 10.9. The predicted octanol–water partition coefficient (Wildman–Crippen LogP) is 15.2. The van der Waals surface area contributed by atoms with E-state index in [0.29, 0.717) is 5.82 Å². The zero-order valence-electron chi connectivity index (χ0n) is 34.7. The summed E-state index contributed by atoms with van der Waals surface area (Å²) in [7, 11) is 0. The summed E-state index contributed by atoms with van der Waals surface area (Å²) in [6.07, 6.45) is 0. The van der Waals surface area contributed by atoms with E-state index in [1.165, 1.54) is 77.1 Å². The Balaban J connectivity index is 0.996. The Kier molecular flexibility index (Phi) is 7.32. The molecule has 10 aromatic carbocycles. The van der Waals surface area contributed by atoms with Gasteiger partial charge in [0.2, 0.25) is 0 Å². The van der Waals surface area contributed by atoms with Crippen LogP contribution in [0.4, 0.5) is 0 Å². The third-order valence-electron chi connectivity index (χ3n) is 14.0. The van der Waals surface area contributed by atoms with Gasteiger partial charge in [-0.25, -0.2) is 9.97 Å². The van der Waals surface area contributed by atoms with Gasteiger partial charge >= 0.3 is 0 Å². The fraction of sp³-hybridized carbons (Fsp3) is 0.0164. The van der Waals surface area contributed by atoms with Crippen molar-refractivity contribution in [2.24, 2.45) is 0 Å². The van der Waals surface area contributed by atoms with Gasteiger partial charge in [-0.1, -0.05) is 182 Å². The highest BCUT2D eigenvalue weighted by Gasteiger charge is 2.51. The lowest BCUT2D eigenvalue weighted by Crippen LogP contribution is -2.25. The van der Waals surface area contributed by atoms with Crippen LogP contribution in [0.25, 0.3) is 105 Å². The molecule has 2 aliphatic rings. The first-order valence-corrected chi connectivity index (χ1v) is 22.1. The Morgan fingerprint density at radius 1 is 0.312 bits per heavy atom. The van der Waals surface area contributed by atoms with Crippen molar-refractivity contribution in [3.05, 3.63) is 247 Å². The molecule has 0 saturated carbocycles. The Morgan fingerprint density at radius 2 is 0.844 bits per heavy atom. The first-order chi connectivity index (χ1) is 31.7. The van der Waals surface area contributed by atoms with Crippen LogP contribution in [0.5, 0.6) is 0 Å². The lowest BCUT2D eigenvalue weighted by Gasteiger charge is -2.30. The van der Waals surface area contributed by atoms with Gasteiger partial charge in [-0.3, -0.25) is 0 Å². The van der Waals surface area contributed by atoms with Gasteiger partial charge < -0.3 is 4.57 Å². The molecule has 0 N–H and O–H groups in total. The number of aromatic nitrogens is 3. The normalized spacial score (nSPS) is 13.1. The number of para-hydroxylation sites is 1. The molecule has 0 fully saturated rings. The zero-order valence-corrected chi connectivity index (χ0v) is 34.7. The second kappa shape index (κ2) is 13.3. The Bertz CT molecular complexity index is 3850. The van der Waals surface area contributed by atoms with Gasteiger partial charge in [0.15, 0.2) is 5.82 Å². The Hall–Kier alpha value is -8.40. The van der Waals surface area contributed by atoms with Crippen LogP contribution in [0.2, 0.25) is 0 Å². The maximum atomic E-state index is 5.54. The summed E-state index contributed by atoms with van der Waals surface area (Å²) in [5.41, 5.74) is 18.4. The van der Waals surface area contributed by atoms with Crippen molar-refractivity contribution in [2.45, 2.75) is 5.41 Å². The minimum absolute atomic E-state index is 0.446. The zero-order chi connectivity index (χ0) is 41.9. The Morgan fingerprint density at radius 3 is 1.55 bits per heavy atom. The molecular formula is C61H37N3. The lowest BCUT2D eigenvalue weighted by molar-refractivity contribution is 0.794. The average Bonchev–Trinajstić information content (AvgIpc) is 3.96. The van der Waals surface area contributed by atoms with E-state index in [4.69, 9.17) is 9.97 Å². The van der Waals surface area contributed by atoms with E-state index in [0.717, 1.165) is 44.5 Å². The summed E-state index contributed by atoms with van der Waals surface area (Å²) in [5, 5.41) is 7.19. The van der Waals surface area contributed by atoms with Crippen LogP contribution < -0.4 is 0 Å². The number of fused-ring (bicyclic) bond motifs is 15. The maximum absolute atomic E-state index is 5.54. The molecule has 2 aromatic heterocycles. The van der Waals surface area contributed by atoms with Crippen molar-refractivity contribution >= 4 is 43.4 Å². The van der Waals surface area contributed by atoms with E-state index in [9.17, 15) is 0 Å². The van der Waals surface area contributed by atoms with Crippen molar-refractivity contribution in [1.82, 2.24) is 14.5 Å². The van der Waals surface area contributed by atoms with Crippen molar-refractivity contribution in [3.63, 3.8) is 0 Å². The van der Waals surface area contributed by atoms with Gasteiger partial charge in [0.25, 0.3) is 0 Å². The predicted molar refractivity (Wildman–Crippen MR) is 264 cm³/mol. The summed E-state index contributed by atoms with van der Waals surface area (Å²) < 4.78 is 2.44. The second-order valence-electron chi connectivity index (χ2n) is 17.2. The molecule has 3 heteroatoms. The summed E-state index contributed by atoms with van der Waals surface area (Å²) in [6.45, 7) is 0. The number of benzene rings is 10. The van der Waals surface area contributed by atoms with Gasteiger partial charge in [-0.2, -0.15) is 0 Å².